The van der Waals surface area contributed by atoms with Crippen LogP contribution in [0.3, 0.4) is 0 Å². The van der Waals surface area contributed by atoms with Crippen LogP contribution in [0.2, 0.25) is 0 Å². The molecule has 5 nitrogen and oxygen atoms in total. The van der Waals surface area contributed by atoms with Gasteiger partial charge in [-0.2, -0.15) is 0 Å². The number of hydrogen-bond donors (Lipinski definition) is 2. The minimum absolute atomic E-state index is 0.0443. The van der Waals surface area contributed by atoms with Crippen molar-refractivity contribution >= 4 is 11.6 Å². The van der Waals surface area contributed by atoms with E-state index >= 15 is 0 Å². The van der Waals surface area contributed by atoms with Crippen LogP contribution in [0, 0.1) is 0 Å². The number of carbonyl (C=O) groups excluding carboxylic acids is 1. The Morgan fingerprint density at radius 1 is 0.935 bits per heavy atom. The van der Waals surface area contributed by atoms with Crippen molar-refractivity contribution in [1.29, 1.82) is 0 Å². The molecule has 3 aromatic carbocycles. The van der Waals surface area contributed by atoms with E-state index in [9.17, 15) is 4.79 Å². The lowest BCUT2D eigenvalue weighted by Gasteiger charge is -2.24. The van der Waals surface area contributed by atoms with Gasteiger partial charge in [-0.3, -0.25) is 4.79 Å². The highest BCUT2D eigenvalue weighted by molar-refractivity contribution is 5.96. The molecular weight excluding hydrogens is 388 g/mol. The normalized spacial score (nSPS) is 19.7. The molecule has 1 unspecified atom stereocenters. The summed E-state index contributed by atoms with van der Waals surface area (Å²) in [6.07, 6.45) is 2.19. The van der Waals surface area contributed by atoms with Gasteiger partial charge in [0.2, 0.25) is 0 Å². The van der Waals surface area contributed by atoms with Gasteiger partial charge in [-0.25, -0.2) is 0 Å². The lowest BCUT2D eigenvalue weighted by atomic mass is 10.0. The van der Waals surface area contributed by atoms with Crippen molar-refractivity contribution in [3.63, 3.8) is 0 Å². The smallest absolute Gasteiger partial charge is 0.279 e. The molecule has 1 fully saturated rings. The summed E-state index contributed by atoms with van der Waals surface area (Å²) in [7, 11) is 0. The van der Waals surface area contributed by atoms with Crippen LogP contribution in [-0.4, -0.2) is 32.2 Å². The first kappa shape index (κ1) is 19.6. The Bertz CT molecular complexity index is 1070. The second-order valence-electron chi connectivity index (χ2n) is 8.14. The Labute approximate surface area is 182 Å². The Morgan fingerprint density at radius 2 is 1.71 bits per heavy atom. The summed E-state index contributed by atoms with van der Waals surface area (Å²) in [6, 6.07) is 24.6. The third-order valence-electron chi connectivity index (χ3n) is 6.13. The number of quaternary nitrogens is 1. The predicted octanol–water partition coefficient (Wildman–Crippen LogP) is 3.48. The van der Waals surface area contributed by atoms with Gasteiger partial charge >= 0.3 is 0 Å². The van der Waals surface area contributed by atoms with Gasteiger partial charge in [0.25, 0.3) is 5.91 Å². The van der Waals surface area contributed by atoms with Crippen LogP contribution in [0.5, 0.6) is 11.5 Å². The first-order chi connectivity index (χ1) is 15.3. The number of ether oxygens (including phenoxy) is 2. The average Bonchev–Trinajstić information content (AvgIpc) is 3.27. The highest BCUT2D eigenvalue weighted by atomic mass is 16.6. The Balaban J connectivity index is 1.30. The van der Waals surface area contributed by atoms with Gasteiger partial charge in [0.1, 0.15) is 19.3 Å². The van der Waals surface area contributed by atoms with Crippen molar-refractivity contribution in [1.82, 2.24) is 0 Å². The number of fused-ring (bicyclic) bond motifs is 1. The molecule has 31 heavy (non-hydrogen) atoms. The molecule has 3 aromatic rings. The van der Waals surface area contributed by atoms with E-state index in [1.165, 1.54) is 10.5 Å². The number of amides is 1. The van der Waals surface area contributed by atoms with E-state index in [-0.39, 0.29) is 5.91 Å². The quantitative estimate of drug-likeness (QED) is 0.671. The van der Waals surface area contributed by atoms with Gasteiger partial charge in [0.15, 0.2) is 18.0 Å². The molecule has 158 valence electrons. The third kappa shape index (κ3) is 4.28. The van der Waals surface area contributed by atoms with Gasteiger partial charge in [-0.1, -0.05) is 48.5 Å². The van der Waals surface area contributed by atoms with Crippen molar-refractivity contribution in [2.45, 2.75) is 18.9 Å². The van der Waals surface area contributed by atoms with Crippen LogP contribution in [0.25, 0.3) is 11.1 Å². The SMILES string of the molecule is O=C(C[NH+]1CCC[C@@H]1c1ccc2c(c1)OCCO2)Nc1ccccc1-c1ccccc1. The molecule has 0 aliphatic carbocycles. The fourth-order valence-corrected chi connectivity index (χ4v) is 4.66. The summed E-state index contributed by atoms with van der Waals surface area (Å²) < 4.78 is 11.4. The molecular formula is C26H27N2O3+. The molecule has 2 N–H and O–H groups in total. The summed E-state index contributed by atoms with van der Waals surface area (Å²) in [5.74, 6) is 1.67. The molecule has 0 spiro atoms. The molecule has 5 rings (SSSR count). The molecule has 2 aliphatic heterocycles. The Hall–Kier alpha value is -3.31. The zero-order chi connectivity index (χ0) is 21.0. The molecule has 0 saturated carbocycles. The van der Waals surface area contributed by atoms with E-state index in [0.717, 1.165) is 47.7 Å². The molecule has 1 amide bonds. The van der Waals surface area contributed by atoms with Gasteiger partial charge in [-0.05, 0) is 29.8 Å². The number of anilines is 1. The van der Waals surface area contributed by atoms with E-state index < -0.39 is 0 Å². The number of nitrogens with one attached hydrogen (secondary N) is 2. The monoisotopic (exact) mass is 415 g/mol. The van der Waals surface area contributed by atoms with Crippen molar-refractivity contribution in [3.8, 4) is 22.6 Å². The van der Waals surface area contributed by atoms with Crippen molar-refractivity contribution < 1.29 is 19.2 Å². The van der Waals surface area contributed by atoms with Crippen molar-refractivity contribution in [3.05, 3.63) is 78.4 Å². The number of carbonyl (C=O) groups is 1. The summed E-state index contributed by atoms with van der Waals surface area (Å²) in [6.45, 7) is 2.62. The molecule has 1 saturated heterocycles. The molecule has 0 radical (unpaired) electrons. The molecule has 2 atom stereocenters. The van der Waals surface area contributed by atoms with Crippen LogP contribution >= 0.6 is 0 Å². The molecule has 2 aliphatic rings. The number of benzene rings is 3. The number of likely N-dealkylation sites (tertiary alicyclic amines) is 1. The fraction of sp³-hybridized carbons (Fsp3) is 0.269. The topological polar surface area (TPSA) is 52.0 Å². The first-order valence-electron chi connectivity index (χ1n) is 11.0. The number of hydrogen-bond acceptors (Lipinski definition) is 3. The second kappa shape index (κ2) is 8.82. The average molecular weight is 416 g/mol. The predicted molar refractivity (Wildman–Crippen MR) is 121 cm³/mol. The zero-order valence-corrected chi connectivity index (χ0v) is 17.5. The lowest BCUT2D eigenvalue weighted by Crippen LogP contribution is -3.11. The van der Waals surface area contributed by atoms with E-state index in [2.05, 4.69) is 29.6 Å². The van der Waals surface area contributed by atoms with Crippen molar-refractivity contribution in [2.75, 3.05) is 31.6 Å². The standard InChI is InChI=1S/C26H26N2O3/c29-26(27-22-10-5-4-9-21(22)19-7-2-1-3-8-19)18-28-14-6-11-23(28)20-12-13-24-25(17-20)31-16-15-30-24/h1-5,7-10,12-13,17,23H,6,11,14-16,18H2,(H,27,29)/p+1/t23-/m1/s1. The van der Waals surface area contributed by atoms with E-state index in [4.69, 9.17) is 9.47 Å². The highest BCUT2D eigenvalue weighted by Crippen LogP contribution is 2.33. The van der Waals surface area contributed by atoms with Crippen LogP contribution in [0.15, 0.2) is 72.8 Å². The second-order valence-corrected chi connectivity index (χ2v) is 8.14. The number of rotatable bonds is 5. The molecule has 2 heterocycles. The zero-order valence-electron chi connectivity index (χ0n) is 17.5. The van der Waals surface area contributed by atoms with E-state index in [0.29, 0.717) is 25.8 Å². The van der Waals surface area contributed by atoms with Gasteiger partial charge in [0.05, 0.1) is 6.54 Å². The lowest BCUT2D eigenvalue weighted by molar-refractivity contribution is -0.910. The Kier molecular flexibility index (Phi) is 5.59. The molecule has 5 heteroatoms. The maximum absolute atomic E-state index is 13.0. The fourth-order valence-electron chi connectivity index (χ4n) is 4.66. The summed E-state index contributed by atoms with van der Waals surface area (Å²) in [4.78, 5) is 14.3. The first-order valence-corrected chi connectivity index (χ1v) is 11.0. The van der Waals surface area contributed by atoms with Gasteiger partial charge in [-0.15, -0.1) is 0 Å². The largest absolute Gasteiger partial charge is 0.486 e. The summed E-state index contributed by atoms with van der Waals surface area (Å²) in [5.41, 5.74) is 4.21. The Morgan fingerprint density at radius 3 is 2.58 bits per heavy atom. The van der Waals surface area contributed by atoms with Crippen LogP contribution in [0.4, 0.5) is 5.69 Å². The van der Waals surface area contributed by atoms with Crippen LogP contribution in [-0.2, 0) is 4.79 Å². The van der Waals surface area contributed by atoms with Crippen LogP contribution in [0.1, 0.15) is 24.4 Å². The van der Waals surface area contributed by atoms with Gasteiger partial charge < -0.3 is 19.7 Å². The highest BCUT2D eigenvalue weighted by Gasteiger charge is 2.32. The minimum atomic E-state index is 0.0443. The third-order valence-corrected chi connectivity index (χ3v) is 6.13. The van der Waals surface area contributed by atoms with Gasteiger partial charge in [0, 0.05) is 29.7 Å². The molecule has 0 bridgehead atoms. The number of para-hydroxylation sites is 1. The maximum atomic E-state index is 13.0. The minimum Gasteiger partial charge on any atom is -0.486 e. The molecule has 0 aromatic heterocycles. The summed E-state index contributed by atoms with van der Waals surface area (Å²) in [5, 5.41) is 3.15. The maximum Gasteiger partial charge on any atom is 0.279 e. The van der Waals surface area contributed by atoms with E-state index in [1.807, 2.05) is 48.5 Å². The summed E-state index contributed by atoms with van der Waals surface area (Å²) >= 11 is 0. The van der Waals surface area contributed by atoms with E-state index in [1.54, 1.807) is 0 Å². The van der Waals surface area contributed by atoms with Crippen LogP contribution < -0.4 is 19.7 Å². The van der Waals surface area contributed by atoms with Crippen molar-refractivity contribution in [2.24, 2.45) is 0 Å².